The van der Waals surface area contributed by atoms with Crippen LogP contribution in [0.2, 0.25) is 0 Å². The Morgan fingerprint density at radius 2 is 1.71 bits per heavy atom. The molecule has 148 valence electrons. The van der Waals surface area contributed by atoms with Gasteiger partial charge in [-0.15, -0.1) is 0 Å². The highest BCUT2D eigenvalue weighted by Crippen LogP contribution is 2.20. The summed E-state index contributed by atoms with van der Waals surface area (Å²) >= 11 is 0. The largest absolute Gasteiger partial charge is 0.478 e. The number of amides is 2. The quantitative estimate of drug-likeness (QED) is 0.844. The molecule has 1 fully saturated rings. The summed E-state index contributed by atoms with van der Waals surface area (Å²) in [6, 6.07) is 15.1. The summed E-state index contributed by atoms with van der Waals surface area (Å²) in [6.45, 7) is 8.27. The highest BCUT2D eigenvalue weighted by Gasteiger charge is 2.31. The van der Waals surface area contributed by atoms with Crippen LogP contribution in [0.4, 0.5) is 10.5 Å². The van der Waals surface area contributed by atoms with Crippen LogP contribution in [0.5, 0.6) is 0 Å². The maximum Gasteiger partial charge on any atom is 0.335 e. The summed E-state index contributed by atoms with van der Waals surface area (Å²) in [5.41, 5.74) is 3.29. The van der Waals surface area contributed by atoms with Crippen LogP contribution in [0, 0.1) is 6.92 Å². The lowest BCUT2D eigenvalue weighted by atomic mass is 10.1. The van der Waals surface area contributed by atoms with E-state index in [-0.39, 0.29) is 18.1 Å². The predicted octanol–water partition coefficient (Wildman–Crippen LogP) is 3.82. The maximum atomic E-state index is 12.7. The molecule has 0 aliphatic carbocycles. The van der Waals surface area contributed by atoms with Crippen molar-refractivity contribution >= 4 is 17.7 Å². The van der Waals surface area contributed by atoms with Crippen LogP contribution in [0.15, 0.2) is 48.5 Å². The fraction of sp³-hybridized carbons (Fsp3) is 0.364. The molecule has 2 N–H and O–H groups in total. The maximum absolute atomic E-state index is 12.7. The SMILES string of the molecule is Cc1cccc(NC(=O)N2C[C@@H](C)N(Cc3ccc(C(=O)O)cc3)[C@@H](C)C2)c1. The molecule has 0 unspecified atom stereocenters. The smallest absolute Gasteiger partial charge is 0.335 e. The minimum atomic E-state index is -0.915. The van der Waals surface area contributed by atoms with E-state index in [0.717, 1.165) is 23.4 Å². The van der Waals surface area contributed by atoms with Crippen LogP contribution in [0.25, 0.3) is 0 Å². The summed E-state index contributed by atoms with van der Waals surface area (Å²) in [5, 5.41) is 12.0. The third-order valence-electron chi connectivity index (χ3n) is 5.22. The zero-order chi connectivity index (χ0) is 20.3. The molecule has 1 aliphatic rings. The van der Waals surface area contributed by atoms with Gasteiger partial charge < -0.3 is 15.3 Å². The Morgan fingerprint density at radius 1 is 1.07 bits per heavy atom. The van der Waals surface area contributed by atoms with Crippen LogP contribution in [-0.4, -0.2) is 52.1 Å². The Labute approximate surface area is 165 Å². The second-order valence-corrected chi connectivity index (χ2v) is 7.58. The van der Waals surface area contributed by atoms with Gasteiger partial charge in [0, 0.05) is 37.4 Å². The summed E-state index contributed by atoms with van der Waals surface area (Å²) in [7, 11) is 0. The summed E-state index contributed by atoms with van der Waals surface area (Å²) in [4.78, 5) is 27.9. The van der Waals surface area contributed by atoms with E-state index in [0.29, 0.717) is 18.7 Å². The highest BCUT2D eigenvalue weighted by molar-refractivity contribution is 5.89. The first kappa shape index (κ1) is 19.9. The van der Waals surface area contributed by atoms with Gasteiger partial charge in [0.05, 0.1) is 5.56 Å². The van der Waals surface area contributed by atoms with Crippen LogP contribution in [0.1, 0.15) is 35.3 Å². The molecule has 0 bridgehead atoms. The molecule has 1 saturated heterocycles. The molecule has 0 spiro atoms. The zero-order valence-electron chi connectivity index (χ0n) is 16.6. The number of urea groups is 1. The third-order valence-corrected chi connectivity index (χ3v) is 5.22. The Morgan fingerprint density at radius 3 is 2.29 bits per heavy atom. The lowest BCUT2D eigenvalue weighted by molar-refractivity contribution is 0.0526. The monoisotopic (exact) mass is 381 g/mol. The standard InChI is InChI=1S/C22H27N3O3/c1-15-5-4-6-20(11-15)23-22(28)24-12-16(2)25(17(3)13-24)14-18-7-9-19(10-8-18)21(26)27/h4-11,16-17H,12-14H2,1-3H3,(H,23,28)(H,26,27)/t16-,17+. The second-order valence-electron chi connectivity index (χ2n) is 7.58. The van der Waals surface area contributed by atoms with Gasteiger partial charge >= 0.3 is 12.0 Å². The van der Waals surface area contributed by atoms with Crippen molar-refractivity contribution in [2.75, 3.05) is 18.4 Å². The fourth-order valence-electron chi connectivity index (χ4n) is 3.72. The molecule has 1 aliphatic heterocycles. The molecule has 2 amide bonds. The van der Waals surface area contributed by atoms with Gasteiger partial charge in [0.25, 0.3) is 0 Å². The lowest BCUT2D eigenvalue weighted by Crippen LogP contribution is -2.58. The van der Waals surface area contributed by atoms with Crippen LogP contribution >= 0.6 is 0 Å². The van der Waals surface area contributed by atoms with E-state index >= 15 is 0 Å². The van der Waals surface area contributed by atoms with Gasteiger partial charge in [-0.3, -0.25) is 4.90 Å². The fourth-order valence-corrected chi connectivity index (χ4v) is 3.72. The van der Waals surface area contributed by atoms with Crippen LogP contribution < -0.4 is 5.32 Å². The van der Waals surface area contributed by atoms with Gasteiger partial charge in [-0.1, -0.05) is 24.3 Å². The van der Waals surface area contributed by atoms with Crippen molar-refractivity contribution in [3.63, 3.8) is 0 Å². The number of carbonyl (C=O) groups is 2. The van der Waals surface area contributed by atoms with Crippen molar-refractivity contribution in [1.82, 2.24) is 9.80 Å². The van der Waals surface area contributed by atoms with Gasteiger partial charge in [0.1, 0.15) is 0 Å². The highest BCUT2D eigenvalue weighted by atomic mass is 16.4. The normalized spacial score (nSPS) is 20.0. The average Bonchev–Trinajstić information content (AvgIpc) is 2.65. The number of benzene rings is 2. The van der Waals surface area contributed by atoms with E-state index in [2.05, 4.69) is 24.1 Å². The van der Waals surface area contributed by atoms with Gasteiger partial charge in [0.2, 0.25) is 0 Å². The van der Waals surface area contributed by atoms with Gasteiger partial charge in [0.15, 0.2) is 0 Å². The minimum Gasteiger partial charge on any atom is -0.478 e. The average molecular weight is 381 g/mol. The van der Waals surface area contributed by atoms with E-state index < -0.39 is 5.97 Å². The van der Waals surface area contributed by atoms with Crippen LogP contribution in [-0.2, 0) is 6.54 Å². The molecule has 0 aromatic heterocycles. The number of piperazine rings is 1. The van der Waals surface area contributed by atoms with Crippen molar-refractivity contribution in [2.24, 2.45) is 0 Å². The van der Waals surface area contributed by atoms with Crippen molar-refractivity contribution in [1.29, 1.82) is 0 Å². The second kappa shape index (κ2) is 8.44. The Balaban J connectivity index is 1.61. The van der Waals surface area contributed by atoms with E-state index in [4.69, 9.17) is 5.11 Å². The Kier molecular flexibility index (Phi) is 5.99. The number of carboxylic acid groups (broad SMARTS) is 1. The lowest BCUT2D eigenvalue weighted by Gasteiger charge is -2.44. The first-order valence-corrected chi connectivity index (χ1v) is 9.54. The summed E-state index contributed by atoms with van der Waals surface area (Å²) in [6.07, 6.45) is 0. The number of hydrogen-bond acceptors (Lipinski definition) is 3. The van der Waals surface area contributed by atoms with Crippen molar-refractivity contribution < 1.29 is 14.7 Å². The van der Waals surface area contributed by atoms with E-state index in [9.17, 15) is 9.59 Å². The van der Waals surface area contributed by atoms with Crippen molar-refractivity contribution in [3.8, 4) is 0 Å². The molecule has 2 aromatic rings. The first-order valence-electron chi connectivity index (χ1n) is 9.54. The number of nitrogens with zero attached hydrogens (tertiary/aromatic N) is 2. The van der Waals surface area contributed by atoms with Crippen molar-refractivity contribution in [2.45, 2.75) is 39.4 Å². The Bertz CT molecular complexity index is 838. The van der Waals surface area contributed by atoms with Gasteiger partial charge in [-0.25, -0.2) is 9.59 Å². The predicted molar refractivity (Wildman–Crippen MR) is 110 cm³/mol. The molecular weight excluding hydrogens is 354 g/mol. The van der Waals surface area contributed by atoms with Gasteiger partial charge in [-0.2, -0.15) is 0 Å². The minimum absolute atomic E-state index is 0.0743. The molecule has 6 heteroatoms. The molecule has 0 saturated carbocycles. The molecule has 28 heavy (non-hydrogen) atoms. The number of aromatic carboxylic acids is 1. The topological polar surface area (TPSA) is 72.9 Å². The first-order chi connectivity index (χ1) is 13.3. The summed E-state index contributed by atoms with van der Waals surface area (Å²) in [5.74, 6) is -0.915. The molecular formula is C22H27N3O3. The van der Waals surface area contributed by atoms with E-state index in [1.165, 1.54) is 0 Å². The molecule has 6 nitrogen and oxygen atoms in total. The molecule has 2 atom stereocenters. The number of anilines is 1. The van der Waals surface area contributed by atoms with Crippen LogP contribution in [0.3, 0.4) is 0 Å². The van der Waals surface area contributed by atoms with Gasteiger partial charge in [-0.05, 0) is 56.2 Å². The third kappa shape index (κ3) is 4.70. The number of nitrogens with one attached hydrogen (secondary N) is 1. The molecule has 2 aromatic carbocycles. The molecule has 0 radical (unpaired) electrons. The molecule has 1 heterocycles. The number of rotatable bonds is 4. The number of aryl methyl sites for hydroxylation is 1. The zero-order valence-corrected chi connectivity index (χ0v) is 16.6. The Hall–Kier alpha value is -2.86. The van der Waals surface area contributed by atoms with E-state index in [1.807, 2.05) is 48.2 Å². The molecule has 3 rings (SSSR count). The number of carboxylic acids is 1. The number of carbonyl (C=O) groups excluding carboxylic acids is 1. The number of hydrogen-bond donors (Lipinski definition) is 2. The van der Waals surface area contributed by atoms with E-state index in [1.54, 1.807) is 12.1 Å². The summed E-state index contributed by atoms with van der Waals surface area (Å²) < 4.78 is 0. The van der Waals surface area contributed by atoms with Crippen molar-refractivity contribution in [3.05, 3.63) is 65.2 Å².